The van der Waals surface area contributed by atoms with Crippen molar-refractivity contribution < 1.29 is 14.3 Å². The van der Waals surface area contributed by atoms with E-state index in [1.807, 2.05) is 30.0 Å². The van der Waals surface area contributed by atoms with Gasteiger partial charge in [0.05, 0.1) is 19.3 Å². The van der Waals surface area contributed by atoms with E-state index in [1.165, 1.54) is 0 Å². The number of fused-ring (bicyclic) bond motifs is 1. The van der Waals surface area contributed by atoms with Crippen LogP contribution in [0, 0.1) is 0 Å². The summed E-state index contributed by atoms with van der Waals surface area (Å²) in [6.45, 7) is 3.51. The summed E-state index contributed by atoms with van der Waals surface area (Å²) in [4.78, 5) is 14.4. The minimum Gasteiger partial charge on any atom is -0.497 e. The van der Waals surface area contributed by atoms with E-state index in [-0.39, 0.29) is 18.2 Å². The van der Waals surface area contributed by atoms with Crippen LogP contribution in [0.25, 0.3) is 10.8 Å². The second-order valence-electron chi connectivity index (χ2n) is 6.57. The van der Waals surface area contributed by atoms with Crippen molar-refractivity contribution in [2.24, 2.45) is 0 Å². The number of nitrogens with one attached hydrogen (secondary N) is 1. The van der Waals surface area contributed by atoms with Crippen molar-refractivity contribution in [3.05, 3.63) is 42.0 Å². The van der Waals surface area contributed by atoms with Gasteiger partial charge in [0.2, 0.25) is 0 Å². The Labute approximate surface area is 148 Å². The summed E-state index contributed by atoms with van der Waals surface area (Å²) < 4.78 is 10.6. The number of carbonyl (C=O) groups is 1. The lowest BCUT2D eigenvalue weighted by molar-refractivity contribution is 0.0500. The van der Waals surface area contributed by atoms with E-state index in [2.05, 4.69) is 23.5 Å². The number of hydrogen-bond acceptors (Lipinski definition) is 3. The first-order valence-corrected chi connectivity index (χ1v) is 8.76. The second kappa shape index (κ2) is 7.74. The van der Waals surface area contributed by atoms with E-state index in [0.717, 1.165) is 48.0 Å². The van der Waals surface area contributed by atoms with Gasteiger partial charge in [0.25, 0.3) is 0 Å². The number of methoxy groups -OCH3 is 2. The van der Waals surface area contributed by atoms with Crippen molar-refractivity contribution in [2.75, 3.05) is 27.3 Å². The van der Waals surface area contributed by atoms with Crippen LogP contribution in [0.2, 0.25) is 0 Å². The molecule has 1 aliphatic rings. The molecule has 5 nitrogen and oxygen atoms in total. The topological polar surface area (TPSA) is 50.8 Å². The molecule has 2 aromatic rings. The maximum atomic E-state index is 12.5. The number of nitrogens with zero attached hydrogens (tertiary/aromatic N) is 1. The van der Waals surface area contributed by atoms with Gasteiger partial charge in [0, 0.05) is 20.2 Å². The van der Waals surface area contributed by atoms with Crippen LogP contribution in [0.1, 0.15) is 31.4 Å². The summed E-state index contributed by atoms with van der Waals surface area (Å²) >= 11 is 0. The molecule has 1 heterocycles. The maximum Gasteiger partial charge on any atom is 0.317 e. The van der Waals surface area contributed by atoms with Gasteiger partial charge in [-0.3, -0.25) is 0 Å². The maximum absolute atomic E-state index is 12.5. The molecular weight excluding hydrogens is 316 g/mol. The highest BCUT2D eigenvalue weighted by Crippen LogP contribution is 2.24. The zero-order valence-electron chi connectivity index (χ0n) is 15.1. The third kappa shape index (κ3) is 4.04. The van der Waals surface area contributed by atoms with Crippen molar-refractivity contribution in [1.82, 2.24) is 10.2 Å². The molecule has 0 bridgehead atoms. The molecule has 1 N–H and O–H groups in total. The monoisotopic (exact) mass is 342 g/mol. The lowest BCUT2D eigenvalue weighted by Gasteiger charge is -2.32. The Morgan fingerprint density at radius 2 is 1.80 bits per heavy atom. The van der Waals surface area contributed by atoms with E-state index < -0.39 is 0 Å². The Morgan fingerprint density at radius 1 is 1.12 bits per heavy atom. The zero-order chi connectivity index (χ0) is 17.8. The van der Waals surface area contributed by atoms with Crippen molar-refractivity contribution in [2.45, 2.75) is 31.9 Å². The van der Waals surface area contributed by atoms with Gasteiger partial charge in [-0.05, 0) is 54.3 Å². The number of hydrogen-bond donors (Lipinski definition) is 1. The minimum atomic E-state index is -0.0425. The smallest absolute Gasteiger partial charge is 0.317 e. The van der Waals surface area contributed by atoms with Crippen LogP contribution in [0.4, 0.5) is 4.79 Å². The summed E-state index contributed by atoms with van der Waals surface area (Å²) in [5.74, 6) is 0.848. The molecule has 134 valence electrons. The van der Waals surface area contributed by atoms with E-state index in [1.54, 1.807) is 14.2 Å². The largest absolute Gasteiger partial charge is 0.497 e. The number of urea groups is 1. The van der Waals surface area contributed by atoms with Crippen LogP contribution in [-0.4, -0.2) is 44.3 Å². The molecule has 0 spiro atoms. The Bertz CT molecular complexity index is 739. The van der Waals surface area contributed by atoms with Crippen LogP contribution >= 0.6 is 0 Å². The van der Waals surface area contributed by atoms with Gasteiger partial charge >= 0.3 is 6.03 Å². The van der Waals surface area contributed by atoms with Crippen LogP contribution in [-0.2, 0) is 4.74 Å². The number of rotatable bonds is 4. The quantitative estimate of drug-likeness (QED) is 0.921. The van der Waals surface area contributed by atoms with Crippen LogP contribution in [0.5, 0.6) is 5.75 Å². The van der Waals surface area contributed by atoms with Gasteiger partial charge in [-0.15, -0.1) is 0 Å². The summed E-state index contributed by atoms with van der Waals surface area (Å²) in [5.41, 5.74) is 1.10. The molecular formula is C20H26N2O3. The standard InChI is InChI=1S/C20H26N2O3/c1-14(21-20(23)22-10-8-18(24-2)9-11-22)15-4-5-17-13-19(25-3)7-6-16(17)12-15/h4-7,12-14,18H,8-11H2,1-3H3,(H,21,23). The molecule has 5 heteroatoms. The SMILES string of the molecule is COc1ccc2cc(C(C)NC(=O)N3CCC(OC)CC3)ccc2c1. The molecule has 0 aliphatic carbocycles. The normalized spacial score (nSPS) is 16.7. The van der Waals surface area contributed by atoms with Crippen molar-refractivity contribution in [3.63, 3.8) is 0 Å². The van der Waals surface area contributed by atoms with E-state index in [4.69, 9.17) is 9.47 Å². The first-order chi connectivity index (χ1) is 12.1. The molecule has 0 aromatic heterocycles. The molecule has 2 aromatic carbocycles. The Kier molecular flexibility index (Phi) is 5.43. The van der Waals surface area contributed by atoms with Crippen molar-refractivity contribution in [3.8, 4) is 5.75 Å². The highest BCUT2D eigenvalue weighted by molar-refractivity contribution is 5.85. The van der Waals surface area contributed by atoms with E-state index >= 15 is 0 Å². The molecule has 25 heavy (non-hydrogen) atoms. The molecule has 0 radical (unpaired) electrons. The number of carbonyl (C=O) groups excluding carboxylic acids is 1. The fourth-order valence-electron chi connectivity index (χ4n) is 3.29. The number of likely N-dealkylation sites (tertiary alicyclic amines) is 1. The van der Waals surface area contributed by atoms with Crippen LogP contribution < -0.4 is 10.1 Å². The van der Waals surface area contributed by atoms with Crippen molar-refractivity contribution >= 4 is 16.8 Å². The molecule has 1 aliphatic heterocycles. The third-order valence-electron chi connectivity index (χ3n) is 4.97. The van der Waals surface area contributed by atoms with E-state index in [9.17, 15) is 4.79 Å². The molecule has 1 unspecified atom stereocenters. The molecule has 3 rings (SSSR count). The van der Waals surface area contributed by atoms with E-state index in [0.29, 0.717) is 0 Å². The van der Waals surface area contributed by atoms with Gasteiger partial charge in [-0.1, -0.05) is 18.2 Å². The predicted octanol–water partition coefficient (Wildman–Crippen LogP) is 3.73. The predicted molar refractivity (Wildman–Crippen MR) is 99.1 cm³/mol. The Hall–Kier alpha value is -2.27. The van der Waals surface area contributed by atoms with Gasteiger partial charge in [0.15, 0.2) is 0 Å². The first-order valence-electron chi connectivity index (χ1n) is 8.76. The van der Waals surface area contributed by atoms with Gasteiger partial charge in [-0.25, -0.2) is 4.79 Å². The fraction of sp³-hybridized carbons (Fsp3) is 0.450. The third-order valence-corrected chi connectivity index (χ3v) is 4.97. The molecule has 1 saturated heterocycles. The summed E-state index contributed by atoms with van der Waals surface area (Å²) in [6.07, 6.45) is 2.07. The summed E-state index contributed by atoms with van der Waals surface area (Å²) in [7, 11) is 3.40. The van der Waals surface area contributed by atoms with Gasteiger partial charge in [-0.2, -0.15) is 0 Å². The van der Waals surface area contributed by atoms with Crippen molar-refractivity contribution in [1.29, 1.82) is 0 Å². The number of piperidine rings is 1. The molecule has 1 fully saturated rings. The number of amides is 2. The average molecular weight is 342 g/mol. The first kappa shape index (κ1) is 17.5. The van der Waals surface area contributed by atoms with Crippen LogP contribution in [0.15, 0.2) is 36.4 Å². The number of benzene rings is 2. The number of ether oxygens (including phenoxy) is 2. The Morgan fingerprint density at radius 3 is 2.48 bits per heavy atom. The highest BCUT2D eigenvalue weighted by atomic mass is 16.5. The Balaban J connectivity index is 1.65. The second-order valence-corrected chi connectivity index (χ2v) is 6.57. The molecule has 1 atom stereocenters. The lowest BCUT2D eigenvalue weighted by Crippen LogP contribution is -2.46. The van der Waals surface area contributed by atoms with Gasteiger partial charge in [0.1, 0.15) is 5.75 Å². The van der Waals surface area contributed by atoms with Crippen LogP contribution in [0.3, 0.4) is 0 Å². The zero-order valence-corrected chi connectivity index (χ0v) is 15.1. The average Bonchev–Trinajstić information content (AvgIpc) is 2.67. The fourth-order valence-corrected chi connectivity index (χ4v) is 3.29. The highest BCUT2D eigenvalue weighted by Gasteiger charge is 2.23. The molecule has 2 amide bonds. The lowest BCUT2D eigenvalue weighted by atomic mass is 10.0. The molecule has 0 saturated carbocycles. The summed E-state index contributed by atoms with van der Waals surface area (Å²) in [5, 5.41) is 5.37. The summed E-state index contributed by atoms with van der Waals surface area (Å²) in [6, 6.07) is 12.2. The van der Waals surface area contributed by atoms with Gasteiger partial charge < -0.3 is 19.7 Å². The minimum absolute atomic E-state index is 0.00289.